The standard InChI is InChI=1S/C15H21N3O3/c1-11-8-17(9-14(11)16(2)3)10-15(19)12-4-6-13(7-5-12)18(20)21/h4-7,11,14H,8-10H2,1-3H3. The molecule has 0 saturated carbocycles. The summed E-state index contributed by atoms with van der Waals surface area (Å²) in [6.07, 6.45) is 0. The van der Waals surface area contributed by atoms with Crippen LogP contribution in [0.1, 0.15) is 17.3 Å². The van der Waals surface area contributed by atoms with Gasteiger partial charge < -0.3 is 4.90 Å². The highest BCUT2D eigenvalue weighted by Gasteiger charge is 2.31. The predicted octanol–water partition coefficient (Wildman–Crippen LogP) is 1.66. The van der Waals surface area contributed by atoms with Crippen LogP contribution in [0.4, 0.5) is 5.69 Å². The number of rotatable bonds is 5. The van der Waals surface area contributed by atoms with Gasteiger partial charge in [-0.05, 0) is 32.1 Å². The van der Waals surface area contributed by atoms with Gasteiger partial charge in [-0.25, -0.2) is 0 Å². The number of hydrogen-bond acceptors (Lipinski definition) is 5. The summed E-state index contributed by atoms with van der Waals surface area (Å²) in [6.45, 7) is 4.35. The molecular formula is C15H21N3O3. The lowest BCUT2D eigenvalue weighted by atomic mass is 10.1. The molecule has 0 amide bonds. The van der Waals surface area contributed by atoms with Crippen molar-refractivity contribution >= 4 is 11.5 Å². The van der Waals surface area contributed by atoms with E-state index in [0.717, 1.165) is 13.1 Å². The third-order valence-electron chi connectivity index (χ3n) is 4.08. The van der Waals surface area contributed by atoms with Gasteiger partial charge in [-0.15, -0.1) is 0 Å². The van der Waals surface area contributed by atoms with Crippen LogP contribution < -0.4 is 0 Å². The lowest BCUT2D eigenvalue weighted by Gasteiger charge is -2.22. The van der Waals surface area contributed by atoms with E-state index in [2.05, 4.69) is 30.8 Å². The van der Waals surface area contributed by atoms with E-state index >= 15 is 0 Å². The molecule has 2 rings (SSSR count). The average Bonchev–Trinajstić information content (AvgIpc) is 2.79. The van der Waals surface area contributed by atoms with Gasteiger partial charge in [0.1, 0.15) is 0 Å². The Hall–Kier alpha value is -1.79. The minimum Gasteiger partial charge on any atom is -0.305 e. The number of benzene rings is 1. The number of Topliss-reactive ketones (excluding diaryl/α,β-unsaturated/α-hetero) is 1. The summed E-state index contributed by atoms with van der Waals surface area (Å²) in [7, 11) is 4.12. The van der Waals surface area contributed by atoms with Crippen molar-refractivity contribution in [2.75, 3.05) is 33.7 Å². The molecule has 1 aliphatic heterocycles. The Balaban J connectivity index is 1.97. The fourth-order valence-corrected chi connectivity index (χ4v) is 2.91. The molecule has 2 atom stereocenters. The van der Waals surface area contributed by atoms with E-state index in [1.165, 1.54) is 24.3 Å². The molecule has 1 heterocycles. The summed E-state index contributed by atoms with van der Waals surface area (Å²) in [6, 6.07) is 6.28. The van der Waals surface area contributed by atoms with E-state index in [1.54, 1.807) is 0 Å². The molecule has 114 valence electrons. The molecule has 1 fully saturated rings. The van der Waals surface area contributed by atoms with Gasteiger partial charge in [-0.1, -0.05) is 6.92 Å². The van der Waals surface area contributed by atoms with E-state index in [-0.39, 0.29) is 11.5 Å². The molecule has 0 bridgehead atoms. The summed E-state index contributed by atoms with van der Waals surface area (Å²) >= 11 is 0. The van der Waals surface area contributed by atoms with Crippen LogP contribution in [0.5, 0.6) is 0 Å². The fraction of sp³-hybridized carbons (Fsp3) is 0.533. The molecular weight excluding hydrogens is 270 g/mol. The Labute approximate surface area is 124 Å². The largest absolute Gasteiger partial charge is 0.305 e. The Morgan fingerprint density at radius 3 is 2.43 bits per heavy atom. The zero-order valence-corrected chi connectivity index (χ0v) is 12.7. The predicted molar refractivity (Wildman–Crippen MR) is 80.5 cm³/mol. The molecule has 6 heteroatoms. The monoisotopic (exact) mass is 291 g/mol. The van der Waals surface area contributed by atoms with Gasteiger partial charge in [-0.2, -0.15) is 0 Å². The first-order valence-corrected chi connectivity index (χ1v) is 7.05. The average molecular weight is 291 g/mol. The van der Waals surface area contributed by atoms with E-state index in [9.17, 15) is 14.9 Å². The van der Waals surface area contributed by atoms with Gasteiger partial charge in [0, 0.05) is 36.8 Å². The lowest BCUT2D eigenvalue weighted by Crippen LogP contribution is -2.35. The van der Waals surface area contributed by atoms with Crippen LogP contribution in [-0.4, -0.2) is 60.3 Å². The molecule has 0 aliphatic carbocycles. The number of non-ortho nitro benzene ring substituents is 1. The third-order valence-corrected chi connectivity index (χ3v) is 4.08. The second-order valence-corrected chi connectivity index (χ2v) is 5.93. The molecule has 1 aliphatic rings. The molecule has 1 aromatic carbocycles. The molecule has 6 nitrogen and oxygen atoms in total. The first-order chi connectivity index (χ1) is 9.88. The quantitative estimate of drug-likeness (QED) is 0.469. The minimum absolute atomic E-state index is 0.00835. The second kappa shape index (κ2) is 6.32. The van der Waals surface area contributed by atoms with E-state index in [0.29, 0.717) is 24.1 Å². The van der Waals surface area contributed by atoms with Gasteiger partial charge in [0.05, 0.1) is 11.5 Å². The second-order valence-electron chi connectivity index (χ2n) is 5.93. The summed E-state index contributed by atoms with van der Waals surface area (Å²) in [5.74, 6) is 0.543. The van der Waals surface area contributed by atoms with Crippen molar-refractivity contribution in [2.24, 2.45) is 5.92 Å². The van der Waals surface area contributed by atoms with Gasteiger partial charge in [0.25, 0.3) is 5.69 Å². The van der Waals surface area contributed by atoms with Gasteiger partial charge in [-0.3, -0.25) is 19.8 Å². The van der Waals surface area contributed by atoms with E-state index < -0.39 is 4.92 Å². The number of carbonyl (C=O) groups excluding carboxylic acids is 1. The molecule has 2 unspecified atom stereocenters. The molecule has 21 heavy (non-hydrogen) atoms. The van der Waals surface area contributed by atoms with Crippen molar-refractivity contribution in [1.29, 1.82) is 0 Å². The number of likely N-dealkylation sites (N-methyl/N-ethyl adjacent to an activating group) is 1. The normalized spacial score (nSPS) is 22.7. The van der Waals surface area contributed by atoms with Crippen LogP contribution in [0.25, 0.3) is 0 Å². The smallest absolute Gasteiger partial charge is 0.269 e. The van der Waals surface area contributed by atoms with E-state index in [4.69, 9.17) is 0 Å². The number of carbonyl (C=O) groups is 1. The van der Waals surface area contributed by atoms with Crippen molar-refractivity contribution in [3.8, 4) is 0 Å². The van der Waals surface area contributed by atoms with Crippen LogP contribution >= 0.6 is 0 Å². The highest BCUT2D eigenvalue weighted by atomic mass is 16.6. The van der Waals surface area contributed by atoms with Crippen molar-refractivity contribution in [3.05, 3.63) is 39.9 Å². The summed E-state index contributed by atoms with van der Waals surface area (Å²) in [4.78, 5) is 26.7. The fourth-order valence-electron chi connectivity index (χ4n) is 2.91. The Kier molecular flexibility index (Phi) is 4.69. The lowest BCUT2D eigenvalue weighted by molar-refractivity contribution is -0.384. The number of nitrogens with zero attached hydrogens (tertiary/aromatic N) is 3. The van der Waals surface area contributed by atoms with Crippen LogP contribution in [0.3, 0.4) is 0 Å². The van der Waals surface area contributed by atoms with Gasteiger partial charge in [0.15, 0.2) is 5.78 Å². The first-order valence-electron chi connectivity index (χ1n) is 7.05. The summed E-state index contributed by atoms with van der Waals surface area (Å²) < 4.78 is 0. The zero-order valence-electron chi connectivity index (χ0n) is 12.7. The summed E-state index contributed by atoms with van der Waals surface area (Å²) in [5.41, 5.74) is 0.538. The van der Waals surface area contributed by atoms with Gasteiger partial charge >= 0.3 is 0 Å². The third kappa shape index (κ3) is 3.65. The highest BCUT2D eigenvalue weighted by Crippen LogP contribution is 2.20. The van der Waals surface area contributed by atoms with Gasteiger partial charge in [0.2, 0.25) is 0 Å². The number of nitro groups is 1. The van der Waals surface area contributed by atoms with Crippen molar-refractivity contribution < 1.29 is 9.72 Å². The SMILES string of the molecule is CC1CN(CC(=O)c2ccc([N+](=O)[O-])cc2)CC1N(C)C. The van der Waals surface area contributed by atoms with Crippen molar-refractivity contribution in [1.82, 2.24) is 9.80 Å². The van der Waals surface area contributed by atoms with Crippen LogP contribution in [0.15, 0.2) is 24.3 Å². The number of nitro benzene ring substituents is 1. The van der Waals surface area contributed by atoms with Crippen LogP contribution in [0.2, 0.25) is 0 Å². The van der Waals surface area contributed by atoms with Crippen LogP contribution in [0, 0.1) is 16.0 Å². The highest BCUT2D eigenvalue weighted by molar-refractivity contribution is 5.97. The maximum absolute atomic E-state index is 12.2. The number of hydrogen-bond donors (Lipinski definition) is 0. The van der Waals surface area contributed by atoms with E-state index in [1.807, 2.05) is 0 Å². The van der Waals surface area contributed by atoms with Crippen molar-refractivity contribution in [3.63, 3.8) is 0 Å². The molecule has 1 aromatic rings. The minimum atomic E-state index is -0.460. The Morgan fingerprint density at radius 1 is 1.33 bits per heavy atom. The molecule has 0 aromatic heterocycles. The number of ketones is 1. The van der Waals surface area contributed by atoms with Crippen LogP contribution in [-0.2, 0) is 0 Å². The topological polar surface area (TPSA) is 66.7 Å². The molecule has 0 N–H and O–H groups in total. The maximum Gasteiger partial charge on any atom is 0.269 e. The maximum atomic E-state index is 12.2. The first kappa shape index (κ1) is 15.6. The van der Waals surface area contributed by atoms with Crippen molar-refractivity contribution in [2.45, 2.75) is 13.0 Å². The Morgan fingerprint density at radius 2 is 1.95 bits per heavy atom. The zero-order chi connectivity index (χ0) is 15.6. The molecule has 0 spiro atoms. The molecule has 0 radical (unpaired) electrons. The number of likely N-dealkylation sites (tertiary alicyclic amines) is 1. The Bertz CT molecular complexity index is 527. The molecule has 1 saturated heterocycles. The summed E-state index contributed by atoms with van der Waals surface area (Å²) in [5, 5.41) is 10.6.